The van der Waals surface area contributed by atoms with Crippen LogP contribution in [0.1, 0.15) is 29.7 Å². The summed E-state index contributed by atoms with van der Waals surface area (Å²) >= 11 is 7.06. The lowest BCUT2D eigenvalue weighted by molar-refractivity contribution is 0.403. The first-order chi connectivity index (χ1) is 10.0. The zero-order valence-corrected chi connectivity index (χ0v) is 15.6. The average molecular weight is 413 g/mol. The van der Waals surface area contributed by atoms with Crippen LogP contribution in [0.15, 0.2) is 45.3 Å². The molecule has 0 radical (unpaired) electrons. The quantitative estimate of drug-likeness (QED) is 0.711. The molecule has 0 aromatic heterocycles. The van der Waals surface area contributed by atoms with Gasteiger partial charge < -0.3 is 10.1 Å². The van der Waals surface area contributed by atoms with Crippen LogP contribution in [0.5, 0.6) is 5.75 Å². The van der Waals surface area contributed by atoms with E-state index >= 15 is 0 Å². The smallest absolute Gasteiger partial charge is 0.137 e. The van der Waals surface area contributed by atoms with Crippen molar-refractivity contribution in [2.75, 3.05) is 7.11 Å². The van der Waals surface area contributed by atoms with Crippen molar-refractivity contribution in [1.82, 2.24) is 5.32 Å². The van der Waals surface area contributed by atoms with Gasteiger partial charge in [-0.15, -0.1) is 0 Å². The number of methoxy groups -OCH3 is 1. The molecule has 112 valence electrons. The van der Waals surface area contributed by atoms with Crippen LogP contribution in [0.3, 0.4) is 0 Å². The van der Waals surface area contributed by atoms with Crippen LogP contribution < -0.4 is 10.1 Å². The average Bonchev–Trinajstić information content (AvgIpc) is 2.45. The van der Waals surface area contributed by atoms with Gasteiger partial charge in [0.15, 0.2) is 0 Å². The molecule has 1 N–H and O–H groups in total. The van der Waals surface area contributed by atoms with Crippen molar-refractivity contribution < 1.29 is 4.74 Å². The number of aryl methyl sites for hydroxylation is 1. The summed E-state index contributed by atoms with van der Waals surface area (Å²) in [5.74, 6) is 0.877. The molecule has 2 rings (SSSR count). The molecule has 2 aromatic rings. The number of nitrogens with one attached hydrogen (secondary N) is 1. The Hall–Kier alpha value is -0.840. The number of hydrogen-bond donors (Lipinski definition) is 1. The summed E-state index contributed by atoms with van der Waals surface area (Å²) in [6, 6.07) is 13.0. The van der Waals surface area contributed by atoms with Gasteiger partial charge in [-0.05, 0) is 47.5 Å². The molecule has 2 nitrogen and oxygen atoms in total. The molecule has 0 aliphatic carbocycles. The largest absolute Gasteiger partial charge is 0.495 e. The van der Waals surface area contributed by atoms with Gasteiger partial charge in [-0.1, -0.05) is 45.8 Å². The van der Waals surface area contributed by atoms with Gasteiger partial charge in [-0.2, -0.15) is 0 Å². The zero-order chi connectivity index (χ0) is 15.4. The lowest BCUT2D eigenvalue weighted by Crippen LogP contribution is -2.18. The Labute approximate surface area is 143 Å². The van der Waals surface area contributed by atoms with Gasteiger partial charge in [0.25, 0.3) is 0 Å². The Morgan fingerprint density at radius 2 is 1.81 bits per heavy atom. The first kappa shape index (κ1) is 16.5. The Bertz CT molecular complexity index is 611. The number of ether oxygens (including phenoxy) is 1. The van der Waals surface area contributed by atoms with E-state index in [0.717, 1.165) is 26.8 Å². The summed E-state index contributed by atoms with van der Waals surface area (Å²) < 4.78 is 7.47. The standard InChI is InChI=1S/C17H19Br2NO/c1-11-4-6-13(7-5-11)12(2)20-10-14-8-15(18)9-16(19)17(14)21-3/h4-9,12,20H,10H2,1-3H3/t12-/m0/s1. The minimum Gasteiger partial charge on any atom is -0.495 e. The van der Waals surface area contributed by atoms with Crippen LogP contribution in [0.4, 0.5) is 0 Å². The van der Waals surface area contributed by atoms with E-state index in [4.69, 9.17) is 4.74 Å². The molecule has 0 heterocycles. The van der Waals surface area contributed by atoms with E-state index in [1.807, 2.05) is 6.07 Å². The fourth-order valence-corrected chi connectivity index (χ4v) is 3.69. The van der Waals surface area contributed by atoms with Gasteiger partial charge in [-0.3, -0.25) is 0 Å². The molecule has 0 amide bonds. The number of hydrogen-bond acceptors (Lipinski definition) is 2. The van der Waals surface area contributed by atoms with E-state index in [1.165, 1.54) is 11.1 Å². The van der Waals surface area contributed by atoms with Crippen molar-refractivity contribution in [2.24, 2.45) is 0 Å². The summed E-state index contributed by atoms with van der Waals surface area (Å²) in [6.45, 7) is 5.02. The highest BCUT2D eigenvalue weighted by Gasteiger charge is 2.11. The maximum absolute atomic E-state index is 5.48. The van der Waals surface area contributed by atoms with Crippen molar-refractivity contribution in [2.45, 2.75) is 26.4 Å². The lowest BCUT2D eigenvalue weighted by Gasteiger charge is -2.17. The molecular formula is C17H19Br2NO. The third kappa shape index (κ3) is 4.31. The van der Waals surface area contributed by atoms with Crippen molar-refractivity contribution >= 4 is 31.9 Å². The van der Waals surface area contributed by atoms with Gasteiger partial charge in [0.1, 0.15) is 5.75 Å². The van der Waals surface area contributed by atoms with Gasteiger partial charge in [0.2, 0.25) is 0 Å². The Balaban J connectivity index is 2.10. The Morgan fingerprint density at radius 1 is 1.14 bits per heavy atom. The Morgan fingerprint density at radius 3 is 2.43 bits per heavy atom. The molecule has 0 spiro atoms. The second-order valence-corrected chi connectivity index (χ2v) is 6.86. The molecule has 2 aromatic carbocycles. The van der Waals surface area contributed by atoms with E-state index in [0.29, 0.717) is 0 Å². The second kappa shape index (κ2) is 7.43. The molecule has 0 unspecified atom stereocenters. The molecule has 0 bridgehead atoms. The number of halogens is 2. The van der Waals surface area contributed by atoms with Crippen molar-refractivity contribution in [3.05, 3.63) is 62.0 Å². The molecule has 0 saturated carbocycles. The van der Waals surface area contributed by atoms with Gasteiger partial charge >= 0.3 is 0 Å². The van der Waals surface area contributed by atoms with E-state index in [1.54, 1.807) is 7.11 Å². The lowest BCUT2D eigenvalue weighted by atomic mass is 10.1. The summed E-state index contributed by atoms with van der Waals surface area (Å²) in [4.78, 5) is 0. The normalized spacial score (nSPS) is 12.2. The SMILES string of the molecule is COc1c(Br)cc(Br)cc1CN[C@@H](C)c1ccc(C)cc1. The first-order valence-corrected chi connectivity index (χ1v) is 8.41. The van der Waals surface area contributed by atoms with Crippen LogP contribution in [-0.4, -0.2) is 7.11 Å². The highest BCUT2D eigenvalue weighted by Crippen LogP contribution is 2.33. The van der Waals surface area contributed by atoms with E-state index in [-0.39, 0.29) is 6.04 Å². The monoisotopic (exact) mass is 411 g/mol. The van der Waals surface area contributed by atoms with Crippen molar-refractivity contribution in [1.29, 1.82) is 0 Å². The van der Waals surface area contributed by atoms with Crippen LogP contribution in [0.25, 0.3) is 0 Å². The topological polar surface area (TPSA) is 21.3 Å². The minimum absolute atomic E-state index is 0.285. The molecule has 0 aliphatic rings. The molecule has 4 heteroatoms. The maximum atomic E-state index is 5.48. The van der Waals surface area contributed by atoms with E-state index in [9.17, 15) is 0 Å². The summed E-state index contributed by atoms with van der Waals surface area (Å²) in [5, 5.41) is 3.54. The highest BCUT2D eigenvalue weighted by atomic mass is 79.9. The fourth-order valence-electron chi connectivity index (χ4n) is 2.21. The fraction of sp³-hybridized carbons (Fsp3) is 0.294. The first-order valence-electron chi connectivity index (χ1n) is 6.83. The third-order valence-electron chi connectivity index (χ3n) is 3.47. The molecule has 0 fully saturated rings. The molecule has 0 aliphatic heterocycles. The van der Waals surface area contributed by atoms with Crippen LogP contribution in [0, 0.1) is 6.92 Å². The third-order valence-corrected chi connectivity index (χ3v) is 4.51. The Kier molecular flexibility index (Phi) is 5.85. The number of rotatable bonds is 5. The summed E-state index contributed by atoms with van der Waals surface area (Å²) in [7, 11) is 1.70. The van der Waals surface area contributed by atoms with E-state index < -0.39 is 0 Å². The molecule has 1 atom stereocenters. The molecular weight excluding hydrogens is 394 g/mol. The predicted octanol–water partition coefficient (Wildman–Crippen LogP) is 5.38. The van der Waals surface area contributed by atoms with Crippen LogP contribution in [-0.2, 0) is 6.54 Å². The maximum Gasteiger partial charge on any atom is 0.137 e. The van der Waals surface area contributed by atoms with Gasteiger partial charge in [0.05, 0.1) is 11.6 Å². The van der Waals surface area contributed by atoms with Crippen molar-refractivity contribution in [3.63, 3.8) is 0 Å². The van der Waals surface area contributed by atoms with Gasteiger partial charge in [-0.25, -0.2) is 0 Å². The summed E-state index contributed by atoms with van der Waals surface area (Å²) in [6.07, 6.45) is 0. The predicted molar refractivity (Wildman–Crippen MR) is 94.8 cm³/mol. The molecule has 21 heavy (non-hydrogen) atoms. The summed E-state index contributed by atoms with van der Waals surface area (Å²) in [5.41, 5.74) is 3.69. The minimum atomic E-state index is 0.285. The highest BCUT2D eigenvalue weighted by molar-refractivity contribution is 9.11. The van der Waals surface area contributed by atoms with Crippen LogP contribution >= 0.6 is 31.9 Å². The van der Waals surface area contributed by atoms with Crippen LogP contribution in [0.2, 0.25) is 0 Å². The van der Waals surface area contributed by atoms with Gasteiger partial charge in [0, 0.05) is 22.6 Å². The van der Waals surface area contributed by atoms with E-state index in [2.05, 4.69) is 81.4 Å². The zero-order valence-electron chi connectivity index (χ0n) is 12.4. The molecule has 0 saturated heterocycles. The second-order valence-electron chi connectivity index (χ2n) is 5.09. The van der Waals surface area contributed by atoms with Crippen molar-refractivity contribution in [3.8, 4) is 5.75 Å². The number of benzene rings is 2.